The largest absolute Gasteiger partial charge is 0.433 e. The second kappa shape index (κ2) is 9.87. The summed E-state index contributed by atoms with van der Waals surface area (Å²) in [4.78, 5) is 30.7. The van der Waals surface area contributed by atoms with Crippen molar-refractivity contribution >= 4 is 21.8 Å². The predicted octanol–water partition coefficient (Wildman–Crippen LogP) is 2.17. The third-order valence-corrected chi connectivity index (χ3v) is 7.93. The molecule has 190 valence electrons. The van der Waals surface area contributed by atoms with E-state index >= 15 is 0 Å². The van der Waals surface area contributed by atoms with Gasteiger partial charge in [0.15, 0.2) is 0 Å². The number of halogens is 3. The Hall–Kier alpha value is -3.50. The molecule has 1 aromatic heterocycles. The SMILES string of the molecule is N#CC1CN(S(=O)(=O)c2cccc(C(=O)N3CCC[C@@H]3C(=O)NCc3cccc(C(F)(F)F)n3)c2)C1. The number of nitriles is 1. The van der Waals surface area contributed by atoms with Crippen LogP contribution in [0.1, 0.15) is 34.6 Å². The molecule has 2 amide bonds. The van der Waals surface area contributed by atoms with Gasteiger partial charge < -0.3 is 10.2 Å². The summed E-state index contributed by atoms with van der Waals surface area (Å²) in [5, 5.41) is 11.4. The zero-order valence-corrected chi connectivity index (χ0v) is 19.7. The number of nitrogens with one attached hydrogen (secondary N) is 1. The van der Waals surface area contributed by atoms with Crippen LogP contribution >= 0.6 is 0 Å². The predicted molar refractivity (Wildman–Crippen MR) is 119 cm³/mol. The van der Waals surface area contributed by atoms with E-state index in [-0.39, 0.29) is 48.2 Å². The van der Waals surface area contributed by atoms with E-state index in [0.717, 1.165) is 6.07 Å². The van der Waals surface area contributed by atoms with Crippen LogP contribution in [0.25, 0.3) is 0 Å². The molecule has 0 saturated carbocycles. The summed E-state index contributed by atoms with van der Waals surface area (Å²) in [6, 6.07) is 10.0. The Balaban J connectivity index is 1.44. The Morgan fingerprint density at radius 2 is 1.89 bits per heavy atom. The molecule has 2 aliphatic rings. The molecule has 0 aliphatic carbocycles. The number of rotatable bonds is 6. The van der Waals surface area contributed by atoms with Crippen LogP contribution in [0.15, 0.2) is 47.4 Å². The number of benzene rings is 1. The van der Waals surface area contributed by atoms with Crippen molar-refractivity contribution in [3.05, 3.63) is 59.4 Å². The minimum atomic E-state index is -4.61. The highest BCUT2D eigenvalue weighted by atomic mass is 32.2. The summed E-state index contributed by atoms with van der Waals surface area (Å²) in [7, 11) is -3.86. The molecule has 2 aliphatic heterocycles. The van der Waals surface area contributed by atoms with Gasteiger partial charge in [0.2, 0.25) is 15.9 Å². The van der Waals surface area contributed by atoms with Crippen molar-refractivity contribution in [2.75, 3.05) is 19.6 Å². The average molecular weight is 522 g/mol. The summed E-state index contributed by atoms with van der Waals surface area (Å²) in [6.45, 7) is 0.207. The summed E-state index contributed by atoms with van der Waals surface area (Å²) < 4.78 is 65.4. The number of pyridine rings is 1. The van der Waals surface area contributed by atoms with Crippen LogP contribution in [0.4, 0.5) is 13.2 Å². The Morgan fingerprint density at radius 3 is 2.58 bits per heavy atom. The minimum Gasteiger partial charge on any atom is -0.349 e. The maximum absolute atomic E-state index is 13.2. The second-order valence-corrected chi connectivity index (χ2v) is 10.5. The van der Waals surface area contributed by atoms with Crippen molar-refractivity contribution in [3.8, 4) is 6.07 Å². The molecule has 2 fully saturated rings. The Labute approximate surface area is 205 Å². The average Bonchev–Trinajstić information content (AvgIpc) is 3.31. The molecule has 9 nitrogen and oxygen atoms in total. The van der Waals surface area contributed by atoms with Gasteiger partial charge in [-0.05, 0) is 43.2 Å². The lowest BCUT2D eigenvalue weighted by Gasteiger charge is -2.34. The number of amides is 2. The maximum atomic E-state index is 13.2. The van der Waals surface area contributed by atoms with Gasteiger partial charge in [-0.25, -0.2) is 13.4 Å². The van der Waals surface area contributed by atoms with Gasteiger partial charge in [0.05, 0.1) is 29.1 Å². The van der Waals surface area contributed by atoms with E-state index in [1.54, 1.807) is 0 Å². The van der Waals surface area contributed by atoms with Crippen molar-refractivity contribution in [2.24, 2.45) is 5.92 Å². The van der Waals surface area contributed by atoms with Crippen molar-refractivity contribution in [3.63, 3.8) is 0 Å². The number of aromatic nitrogens is 1. The Bertz CT molecular complexity index is 1320. The van der Waals surface area contributed by atoms with E-state index in [9.17, 15) is 31.2 Å². The summed E-state index contributed by atoms with van der Waals surface area (Å²) in [5.74, 6) is -1.42. The second-order valence-electron chi connectivity index (χ2n) is 8.56. The molecule has 2 aromatic rings. The number of carbonyl (C=O) groups excluding carboxylic acids is 2. The van der Waals surface area contributed by atoms with Crippen LogP contribution in [0.2, 0.25) is 0 Å². The standard InChI is InChI=1S/C23H22F3N5O4S/c24-23(25,26)20-8-2-5-17(29-20)12-28-21(32)19-7-3-9-31(19)22(33)16-4-1-6-18(10-16)36(34,35)30-13-15(11-27)14-30/h1-2,4-6,8,10,15,19H,3,7,9,12-14H2,(H,28,32)/t19-/m1/s1. The Morgan fingerprint density at radius 1 is 1.17 bits per heavy atom. The number of alkyl halides is 3. The molecule has 0 spiro atoms. The molecule has 3 heterocycles. The fourth-order valence-electron chi connectivity index (χ4n) is 4.13. The number of carbonyl (C=O) groups is 2. The van der Waals surface area contributed by atoms with E-state index < -0.39 is 39.7 Å². The third kappa shape index (κ3) is 5.19. The number of sulfonamides is 1. The molecule has 1 N–H and O–H groups in total. The molecule has 4 rings (SSSR count). The van der Waals surface area contributed by atoms with Gasteiger partial charge in [-0.15, -0.1) is 0 Å². The number of hydrogen-bond acceptors (Lipinski definition) is 6. The highest BCUT2D eigenvalue weighted by molar-refractivity contribution is 7.89. The fourth-order valence-corrected chi connectivity index (χ4v) is 5.71. The van der Waals surface area contributed by atoms with E-state index in [1.807, 2.05) is 6.07 Å². The monoisotopic (exact) mass is 521 g/mol. The normalized spacial score (nSPS) is 18.9. The van der Waals surface area contributed by atoms with Gasteiger partial charge >= 0.3 is 6.18 Å². The third-order valence-electron chi connectivity index (χ3n) is 6.11. The molecule has 1 aromatic carbocycles. The van der Waals surface area contributed by atoms with Crippen molar-refractivity contribution in [1.29, 1.82) is 5.26 Å². The summed E-state index contributed by atoms with van der Waals surface area (Å²) in [6.07, 6.45) is -3.72. The fraction of sp³-hybridized carbons (Fsp3) is 0.391. The zero-order valence-electron chi connectivity index (χ0n) is 18.9. The van der Waals surface area contributed by atoms with E-state index in [4.69, 9.17) is 5.26 Å². The summed E-state index contributed by atoms with van der Waals surface area (Å²) in [5.41, 5.74) is -0.951. The Kier molecular flexibility index (Phi) is 7.01. The molecule has 0 bridgehead atoms. The molecule has 36 heavy (non-hydrogen) atoms. The molecular weight excluding hydrogens is 499 g/mol. The lowest BCUT2D eigenvalue weighted by atomic mass is 10.1. The minimum absolute atomic E-state index is 0.0246. The first kappa shape index (κ1) is 25.6. The van der Waals surface area contributed by atoms with Gasteiger partial charge in [-0.2, -0.15) is 22.7 Å². The van der Waals surface area contributed by atoms with Crippen LogP contribution in [-0.2, 0) is 27.5 Å². The number of likely N-dealkylation sites (tertiary alicyclic amines) is 1. The lowest BCUT2D eigenvalue weighted by Crippen LogP contribution is -2.49. The molecule has 0 radical (unpaired) electrons. The quantitative estimate of drug-likeness (QED) is 0.622. The summed E-state index contributed by atoms with van der Waals surface area (Å²) >= 11 is 0. The molecule has 0 unspecified atom stereocenters. The highest BCUT2D eigenvalue weighted by Gasteiger charge is 2.38. The first-order chi connectivity index (χ1) is 17.0. The van der Waals surface area contributed by atoms with Gasteiger partial charge in [0.25, 0.3) is 5.91 Å². The zero-order chi connectivity index (χ0) is 26.1. The molecule has 1 atom stereocenters. The smallest absolute Gasteiger partial charge is 0.349 e. The number of nitrogens with zero attached hydrogens (tertiary/aromatic N) is 4. The van der Waals surface area contributed by atoms with Crippen molar-refractivity contribution in [2.45, 2.75) is 36.5 Å². The van der Waals surface area contributed by atoms with Gasteiger partial charge in [0, 0.05) is 25.2 Å². The number of hydrogen-bond donors (Lipinski definition) is 1. The van der Waals surface area contributed by atoms with E-state index in [0.29, 0.717) is 12.8 Å². The van der Waals surface area contributed by atoms with Crippen LogP contribution in [0.5, 0.6) is 0 Å². The molecular formula is C23H22F3N5O4S. The van der Waals surface area contributed by atoms with Crippen LogP contribution < -0.4 is 5.32 Å². The first-order valence-electron chi connectivity index (χ1n) is 11.1. The van der Waals surface area contributed by atoms with E-state index in [2.05, 4.69) is 10.3 Å². The van der Waals surface area contributed by atoms with Crippen molar-refractivity contribution in [1.82, 2.24) is 19.5 Å². The molecule has 2 saturated heterocycles. The van der Waals surface area contributed by atoms with Gasteiger partial charge in [-0.3, -0.25) is 9.59 Å². The maximum Gasteiger partial charge on any atom is 0.433 e. The topological polar surface area (TPSA) is 123 Å². The van der Waals surface area contributed by atoms with Gasteiger partial charge in [-0.1, -0.05) is 12.1 Å². The highest BCUT2D eigenvalue weighted by Crippen LogP contribution is 2.28. The van der Waals surface area contributed by atoms with Crippen LogP contribution in [0.3, 0.4) is 0 Å². The van der Waals surface area contributed by atoms with Crippen LogP contribution in [0, 0.1) is 17.2 Å². The van der Waals surface area contributed by atoms with Crippen molar-refractivity contribution < 1.29 is 31.2 Å². The van der Waals surface area contributed by atoms with Gasteiger partial charge in [0.1, 0.15) is 11.7 Å². The first-order valence-corrected chi connectivity index (χ1v) is 12.6. The molecule has 13 heteroatoms. The lowest BCUT2D eigenvalue weighted by molar-refractivity contribution is -0.141. The van der Waals surface area contributed by atoms with E-state index in [1.165, 1.54) is 45.6 Å². The van der Waals surface area contributed by atoms with Crippen LogP contribution in [-0.4, -0.2) is 60.1 Å².